The Hall–Kier alpha value is -2.09. The number of amides is 2. The lowest BCUT2D eigenvalue weighted by Gasteiger charge is -2.05. The molecule has 0 spiro atoms. The van der Waals surface area contributed by atoms with E-state index in [0.29, 0.717) is 16.1 Å². The van der Waals surface area contributed by atoms with E-state index < -0.39 is 0 Å². The van der Waals surface area contributed by atoms with Gasteiger partial charge in [0.2, 0.25) is 5.91 Å². The molecule has 0 bridgehead atoms. The standard InChI is InChI=1S/C17H14BrCl2N3O3/c18-12-2-4-15(24)11(7-12)9-22-23-16(25)5-6-21-17(26)10-1-3-13(19)14(20)8-10/h1-4,7-9,24H,5-6H2,(H,21,26)(H,23,25)/b22-9+. The Bertz CT molecular complexity index is 859. The summed E-state index contributed by atoms with van der Waals surface area (Å²) in [6.07, 6.45) is 1.36. The van der Waals surface area contributed by atoms with Gasteiger partial charge in [-0.25, -0.2) is 5.43 Å². The van der Waals surface area contributed by atoms with Gasteiger partial charge in [0.25, 0.3) is 5.91 Å². The summed E-state index contributed by atoms with van der Waals surface area (Å²) in [5, 5.41) is 16.7. The number of carbonyl (C=O) groups excluding carboxylic acids is 2. The van der Waals surface area contributed by atoms with Crippen LogP contribution in [0.5, 0.6) is 5.75 Å². The average Bonchev–Trinajstić information content (AvgIpc) is 2.60. The van der Waals surface area contributed by atoms with Crippen molar-refractivity contribution in [3.8, 4) is 5.75 Å². The fraction of sp³-hybridized carbons (Fsp3) is 0.118. The summed E-state index contributed by atoms with van der Waals surface area (Å²) in [6.45, 7) is 0.128. The molecule has 0 aliphatic heterocycles. The number of phenols is 1. The maximum Gasteiger partial charge on any atom is 0.251 e. The number of benzene rings is 2. The third-order valence-corrected chi connectivity index (χ3v) is 4.43. The van der Waals surface area contributed by atoms with Crippen LogP contribution in [0.25, 0.3) is 0 Å². The van der Waals surface area contributed by atoms with Gasteiger partial charge in [-0.1, -0.05) is 39.1 Å². The molecule has 26 heavy (non-hydrogen) atoms. The molecule has 0 fully saturated rings. The van der Waals surface area contributed by atoms with E-state index in [1.54, 1.807) is 18.2 Å². The van der Waals surface area contributed by atoms with E-state index in [9.17, 15) is 14.7 Å². The zero-order valence-corrected chi connectivity index (χ0v) is 16.4. The van der Waals surface area contributed by atoms with Crippen molar-refractivity contribution in [3.63, 3.8) is 0 Å². The van der Waals surface area contributed by atoms with Crippen LogP contribution in [0.3, 0.4) is 0 Å². The van der Waals surface area contributed by atoms with Crippen molar-refractivity contribution in [1.82, 2.24) is 10.7 Å². The molecule has 0 heterocycles. The highest BCUT2D eigenvalue weighted by molar-refractivity contribution is 9.10. The molecule has 6 nitrogen and oxygen atoms in total. The number of aromatic hydroxyl groups is 1. The van der Waals surface area contributed by atoms with Gasteiger partial charge in [0.05, 0.1) is 16.3 Å². The summed E-state index contributed by atoms with van der Waals surface area (Å²) in [4.78, 5) is 23.7. The Morgan fingerprint density at radius 2 is 1.92 bits per heavy atom. The number of hydrogen-bond acceptors (Lipinski definition) is 4. The Kier molecular flexibility index (Phi) is 7.44. The molecule has 0 saturated heterocycles. The van der Waals surface area contributed by atoms with E-state index in [4.69, 9.17) is 23.2 Å². The molecule has 0 unspecified atom stereocenters. The van der Waals surface area contributed by atoms with Crippen LogP contribution >= 0.6 is 39.1 Å². The largest absolute Gasteiger partial charge is 0.507 e. The van der Waals surface area contributed by atoms with Crippen molar-refractivity contribution in [2.75, 3.05) is 6.54 Å². The van der Waals surface area contributed by atoms with Crippen LogP contribution in [0.2, 0.25) is 10.0 Å². The second-order valence-corrected chi connectivity index (χ2v) is 6.86. The Morgan fingerprint density at radius 1 is 1.15 bits per heavy atom. The first-order valence-electron chi connectivity index (χ1n) is 7.40. The summed E-state index contributed by atoms with van der Waals surface area (Å²) >= 11 is 14.9. The fourth-order valence-electron chi connectivity index (χ4n) is 1.89. The van der Waals surface area contributed by atoms with Gasteiger partial charge < -0.3 is 10.4 Å². The minimum atomic E-state index is -0.384. The van der Waals surface area contributed by atoms with Crippen molar-refractivity contribution in [1.29, 1.82) is 0 Å². The van der Waals surface area contributed by atoms with Gasteiger partial charge in [-0.3, -0.25) is 9.59 Å². The molecule has 2 aromatic rings. The summed E-state index contributed by atoms with van der Waals surface area (Å²) in [7, 11) is 0. The van der Waals surface area contributed by atoms with Gasteiger partial charge in [0, 0.05) is 28.6 Å². The molecule has 136 valence electrons. The summed E-state index contributed by atoms with van der Waals surface area (Å²) in [6, 6.07) is 9.36. The second-order valence-electron chi connectivity index (χ2n) is 5.13. The Labute approximate surface area is 168 Å². The van der Waals surface area contributed by atoms with Gasteiger partial charge in [0.1, 0.15) is 5.75 Å². The van der Waals surface area contributed by atoms with Crippen LogP contribution in [0, 0.1) is 0 Å². The molecule has 2 rings (SSSR count). The van der Waals surface area contributed by atoms with Crippen LogP contribution in [0.15, 0.2) is 46.0 Å². The van der Waals surface area contributed by atoms with Crippen LogP contribution in [-0.4, -0.2) is 29.7 Å². The van der Waals surface area contributed by atoms with Crippen molar-refractivity contribution in [2.45, 2.75) is 6.42 Å². The molecule has 0 aromatic heterocycles. The van der Waals surface area contributed by atoms with Gasteiger partial charge in [-0.2, -0.15) is 5.10 Å². The number of halogens is 3. The highest BCUT2D eigenvalue weighted by atomic mass is 79.9. The maximum absolute atomic E-state index is 12.0. The first-order valence-corrected chi connectivity index (χ1v) is 8.95. The number of phenolic OH excluding ortho intramolecular Hbond substituents is 1. The zero-order chi connectivity index (χ0) is 19.1. The van der Waals surface area contributed by atoms with E-state index >= 15 is 0 Å². The lowest BCUT2D eigenvalue weighted by molar-refractivity contribution is -0.120. The topological polar surface area (TPSA) is 90.8 Å². The first-order chi connectivity index (χ1) is 12.4. The van der Waals surface area contributed by atoms with Crippen molar-refractivity contribution in [2.24, 2.45) is 5.10 Å². The third-order valence-electron chi connectivity index (χ3n) is 3.20. The summed E-state index contributed by atoms with van der Waals surface area (Å²) < 4.78 is 0.771. The number of hydrogen-bond donors (Lipinski definition) is 3. The molecule has 0 aliphatic rings. The van der Waals surface area contributed by atoms with Gasteiger partial charge in [-0.15, -0.1) is 0 Å². The van der Waals surface area contributed by atoms with Gasteiger partial charge >= 0.3 is 0 Å². The maximum atomic E-state index is 12.0. The molecule has 2 aromatic carbocycles. The molecular formula is C17H14BrCl2N3O3. The van der Waals surface area contributed by atoms with E-state index in [2.05, 4.69) is 31.8 Å². The second kappa shape index (κ2) is 9.56. The summed E-state index contributed by atoms with van der Waals surface area (Å²) in [5.74, 6) is -0.704. The monoisotopic (exact) mass is 457 g/mol. The molecule has 0 aliphatic carbocycles. The normalized spacial score (nSPS) is 10.7. The van der Waals surface area contributed by atoms with E-state index in [-0.39, 0.29) is 35.6 Å². The molecule has 3 N–H and O–H groups in total. The Balaban J connectivity index is 1.78. The molecule has 9 heteroatoms. The third kappa shape index (κ3) is 6.01. The predicted octanol–water partition coefficient (Wildman–Crippen LogP) is 3.73. The minimum Gasteiger partial charge on any atom is -0.507 e. The number of carbonyl (C=O) groups is 2. The van der Waals surface area contributed by atoms with Crippen molar-refractivity contribution < 1.29 is 14.7 Å². The first kappa shape index (κ1) is 20.2. The molecular weight excluding hydrogens is 445 g/mol. The highest BCUT2D eigenvalue weighted by Crippen LogP contribution is 2.22. The lowest BCUT2D eigenvalue weighted by atomic mass is 10.2. The van der Waals surface area contributed by atoms with Crippen molar-refractivity contribution >= 4 is 57.2 Å². The average molecular weight is 459 g/mol. The number of nitrogens with zero attached hydrogens (tertiary/aromatic N) is 1. The zero-order valence-electron chi connectivity index (χ0n) is 13.3. The quantitative estimate of drug-likeness (QED) is 0.455. The smallest absolute Gasteiger partial charge is 0.251 e. The van der Waals surface area contributed by atoms with E-state index in [1.807, 2.05) is 0 Å². The molecule has 0 radical (unpaired) electrons. The van der Waals surface area contributed by atoms with Crippen LogP contribution in [0.1, 0.15) is 22.3 Å². The Morgan fingerprint density at radius 3 is 2.65 bits per heavy atom. The fourth-order valence-corrected chi connectivity index (χ4v) is 2.56. The predicted molar refractivity (Wildman–Crippen MR) is 105 cm³/mol. The molecule has 0 atom stereocenters. The minimum absolute atomic E-state index is 0.0366. The van der Waals surface area contributed by atoms with Crippen LogP contribution in [-0.2, 0) is 4.79 Å². The van der Waals surface area contributed by atoms with Crippen molar-refractivity contribution in [3.05, 3.63) is 62.0 Å². The lowest BCUT2D eigenvalue weighted by Crippen LogP contribution is -2.29. The molecule has 0 saturated carbocycles. The van der Waals surface area contributed by atoms with E-state index in [1.165, 1.54) is 24.4 Å². The number of hydrazone groups is 1. The highest BCUT2D eigenvalue weighted by Gasteiger charge is 2.08. The van der Waals surface area contributed by atoms with Gasteiger partial charge in [0.15, 0.2) is 0 Å². The van der Waals surface area contributed by atoms with Crippen LogP contribution < -0.4 is 10.7 Å². The van der Waals surface area contributed by atoms with E-state index in [0.717, 1.165) is 4.47 Å². The van der Waals surface area contributed by atoms with Gasteiger partial charge in [-0.05, 0) is 36.4 Å². The van der Waals surface area contributed by atoms with Crippen LogP contribution in [0.4, 0.5) is 0 Å². The number of rotatable bonds is 6. The number of nitrogens with one attached hydrogen (secondary N) is 2. The SMILES string of the molecule is O=C(CCNC(=O)c1ccc(Cl)c(Cl)c1)N/N=C/c1cc(Br)ccc1O. The summed E-state index contributed by atoms with van der Waals surface area (Å²) in [5.41, 5.74) is 3.12. The molecule has 2 amide bonds.